The van der Waals surface area contributed by atoms with Crippen LogP contribution in [-0.2, 0) is 0 Å². The Kier molecular flexibility index (Phi) is 4.60. The van der Waals surface area contributed by atoms with Crippen LogP contribution in [0.25, 0.3) is 0 Å². The number of carboxylic acids is 1. The van der Waals surface area contributed by atoms with Crippen molar-refractivity contribution in [2.45, 2.75) is 6.92 Å². The average Bonchev–Trinajstić information content (AvgIpc) is 2.86. The van der Waals surface area contributed by atoms with E-state index in [1.54, 1.807) is 13.0 Å². The predicted molar refractivity (Wildman–Crippen MR) is 96.5 cm³/mol. The Bertz CT molecular complexity index is 970. The molecule has 0 saturated carbocycles. The van der Waals surface area contributed by atoms with Gasteiger partial charge in [0, 0.05) is 16.6 Å². The Balaban J connectivity index is 1.92. The fourth-order valence-corrected chi connectivity index (χ4v) is 3.08. The van der Waals surface area contributed by atoms with Crippen LogP contribution in [0.15, 0.2) is 40.9 Å². The number of fused-ring (bicyclic) bond motifs is 1. The van der Waals surface area contributed by atoms with Crippen LogP contribution < -0.4 is 5.32 Å². The molecular weight excluding hydrogens is 404 g/mol. The summed E-state index contributed by atoms with van der Waals surface area (Å²) in [6.07, 6.45) is 0. The second-order valence-electron chi connectivity index (χ2n) is 5.56. The maximum absolute atomic E-state index is 12.5. The predicted octanol–water partition coefficient (Wildman–Crippen LogP) is 3.02. The molecule has 1 aliphatic rings. The molecule has 3 rings (SSSR count). The van der Waals surface area contributed by atoms with Gasteiger partial charge in [0.25, 0.3) is 17.7 Å². The molecule has 0 radical (unpaired) electrons. The number of nitrogens with zero attached hydrogens (tertiary/aromatic N) is 1. The van der Waals surface area contributed by atoms with E-state index in [1.807, 2.05) is 0 Å². The van der Waals surface area contributed by atoms with Crippen LogP contribution in [0.4, 0.5) is 5.69 Å². The summed E-state index contributed by atoms with van der Waals surface area (Å²) in [7, 11) is 0. The van der Waals surface area contributed by atoms with Crippen molar-refractivity contribution in [3.8, 4) is 0 Å². The number of nitrogens with one attached hydrogen (secondary N) is 1. The summed E-state index contributed by atoms with van der Waals surface area (Å²) in [5, 5.41) is 11.8. The Hall–Kier alpha value is -3.00. The van der Waals surface area contributed by atoms with Gasteiger partial charge in [0.15, 0.2) is 0 Å². The summed E-state index contributed by atoms with van der Waals surface area (Å²) in [6, 6.07) is 8.65. The van der Waals surface area contributed by atoms with Gasteiger partial charge in [-0.25, -0.2) is 4.79 Å². The van der Waals surface area contributed by atoms with Gasteiger partial charge in [-0.1, -0.05) is 15.9 Å². The van der Waals surface area contributed by atoms with Crippen molar-refractivity contribution >= 4 is 45.3 Å². The molecule has 1 aliphatic heterocycles. The highest BCUT2D eigenvalue weighted by Crippen LogP contribution is 2.25. The average molecular weight is 417 g/mol. The van der Waals surface area contributed by atoms with Gasteiger partial charge in [0.1, 0.15) is 0 Å². The lowest BCUT2D eigenvalue weighted by molar-refractivity contribution is 0.0658. The maximum atomic E-state index is 12.5. The van der Waals surface area contributed by atoms with Crippen LogP contribution in [0, 0.1) is 0 Å². The molecular formula is C18H13BrN2O5. The van der Waals surface area contributed by atoms with Crippen LogP contribution in [0.2, 0.25) is 0 Å². The Morgan fingerprint density at radius 1 is 1.08 bits per heavy atom. The third-order valence-electron chi connectivity index (χ3n) is 4.01. The first-order valence-corrected chi connectivity index (χ1v) is 8.47. The van der Waals surface area contributed by atoms with Crippen molar-refractivity contribution in [1.82, 2.24) is 4.90 Å². The zero-order valence-corrected chi connectivity index (χ0v) is 15.2. The number of amides is 3. The van der Waals surface area contributed by atoms with Crippen molar-refractivity contribution in [3.63, 3.8) is 0 Å². The zero-order chi connectivity index (χ0) is 19.0. The number of aromatic carboxylic acids is 1. The fraction of sp³-hybridized carbons (Fsp3) is 0.111. The van der Waals surface area contributed by atoms with Crippen LogP contribution in [0.5, 0.6) is 0 Å². The summed E-state index contributed by atoms with van der Waals surface area (Å²) in [6.45, 7) is 1.94. The molecule has 0 unspecified atom stereocenters. The minimum absolute atomic E-state index is 0.0719. The standard InChI is InChI=1S/C18H13BrN2O5/c1-2-21-16(23)11-5-3-9(7-12(11)17(21)24)15(22)20-14-6-4-10(19)8-13(14)18(25)26/h3-8H,2H2,1H3,(H,20,22)(H,25,26). The van der Waals surface area contributed by atoms with Crippen molar-refractivity contribution in [1.29, 1.82) is 0 Å². The van der Waals surface area contributed by atoms with Crippen molar-refractivity contribution in [3.05, 3.63) is 63.1 Å². The number of carboxylic acid groups (broad SMARTS) is 1. The maximum Gasteiger partial charge on any atom is 0.337 e. The SMILES string of the molecule is CCN1C(=O)c2ccc(C(=O)Nc3ccc(Br)cc3C(=O)O)cc2C1=O. The second kappa shape index (κ2) is 6.72. The topological polar surface area (TPSA) is 104 Å². The van der Waals surface area contributed by atoms with Gasteiger partial charge in [0.2, 0.25) is 0 Å². The molecule has 26 heavy (non-hydrogen) atoms. The lowest BCUT2D eigenvalue weighted by Crippen LogP contribution is -2.29. The molecule has 2 aromatic carbocycles. The Labute approximate surface area is 156 Å². The molecule has 0 fully saturated rings. The van der Waals surface area contributed by atoms with Crippen LogP contribution in [-0.4, -0.2) is 40.2 Å². The number of rotatable bonds is 4. The molecule has 7 nitrogen and oxygen atoms in total. The number of halogens is 1. The quantitative estimate of drug-likeness (QED) is 0.745. The highest BCUT2D eigenvalue weighted by atomic mass is 79.9. The van der Waals surface area contributed by atoms with E-state index in [0.717, 1.165) is 4.90 Å². The molecule has 8 heteroatoms. The van der Waals surface area contributed by atoms with Crippen LogP contribution in [0.3, 0.4) is 0 Å². The molecule has 132 valence electrons. The summed E-state index contributed by atoms with van der Waals surface area (Å²) in [5.74, 6) is -2.60. The summed E-state index contributed by atoms with van der Waals surface area (Å²) >= 11 is 3.18. The number of anilines is 1. The molecule has 0 spiro atoms. The molecule has 0 bridgehead atoms. The third kappa shape index (κ3) is 2.99. The van der Waals surface area contributed by atoms with Gasteiger partial charge in [-0.05, 0) is 43.3 Å². The summed E-state index contributed by atoms with van der Waals surface area (Å²) in [4.78, 5) is 49.3. The number of carbonyl (C=O) groups is 4. The molecule has 2 aromatic rings. The molecule has 2 N–H and O–H groups in total. The highest BCUT2D eigenvalue weighted by Gasteiger charge is 2.34. The van der Waals surface area contributed by atoms with E-state index in [9.17, 15) is 24.3 Å². The normalized spacial score (nSPS) is 12.9. The molecule has 0 aromatic heterocycles. The van der Waals surface area contributed by atoms with E-state index >= 15 is 0 Å². The number of hydrogen-bond donors (Lipinski definition) is 2. The van der Waals surface area contributed by atoms with E-state index in [2.05, 4.69) is 21.2 Å². The van der Waals surface area contributed by atoms with Gasteiger partial charge < -0.3 is 10.4 Å². The molecule has 1 heterocycles. The van der Waals surface area contributed by atoms with Gasteiger partial charge in [-0.2, -0.15) is 0 Å². The van der Waals surface area contributed by atoms with E-state index < -0.39 is 17.8 Å². The first-order valence-electron chi connectivity index (χ1n) is 7.68. The van der Waals surface area contributed by atoms with E-state index in [0.29, 0.717) is 4.47 Å². The number of benzene rings is 2. The molecule has 3 amide bonds. The van der Waals surface area contributed by atoms with Crippen LogP contribution >= 0.6 is 15.9 Å². The van der Waals surface area contributed by atoms with Crippen LogP contribution in [0.1, 0.15) is 48.4 Å². The monoisotopic (exact) mass is 416 g/mol. The van der Waals surface area contributed by atoms with E-state index in [1.165, 1.54) is 30.3 Å². The minimum atomic E-state index is -1.19. The zero-order valence-electron chi connectivity index (χ0n) is 13.6. The van der Waals surface area contributed by atoms with Crippen molar-refractivity contribution < 1.29 is 24.3 Å². The molecule has 0 saturated heterocycles. The lowest BCUT2D eigenvalue weighted by atomic mass is 10.0. The Morgan fingerprint density at radius 2 is 1.77 bits per heavy atom. The third-order valence-corrected chi connectivity index (χ3v) is 4.50. The van der Waals surface area contributed by atoms with Crippen molar-refractivity contribution in [2.24, 2.45) is 0 Å². The summed E-state index contributed by atoms with van der Waals surface area (Å²) < 4.78 is 0.564. The fourth-order valence-electron chi connectivity index (χ4n) is 2.72. The molecule has 0 atom stereocenters. The van der Waals surface area contributed by atoms with Gasteiger partial charge in [0.05, 0.1) is 22.4 Å². The highest BCUT2D eigenvalue weighted by molar-refractivity contribution is 9.10. The smallest absolute Gasteiger partial charge is 0.337 e. The van der Waals surface area contributed by atoms with Crippen molar-refractivity contribution in [2.75, 3.05) is 11.9 Å². The van der Waals surface area contributed by atoms with Gasteiger partial charge >= 0.3 is 5.97 Å². The minimum Gasteiger partial charge on any atom is -0.478 e. The van der Waals surface area contributed by atoms with Gasteiger partial charge in [-0.3, -0.25) is 19.3 Å². The van der Waals surface area contributed by atoms with E-state index in [4.69, 9.17) is 0 Å². The van der Waals surface area contributed by atoms with Gasteiger partial charge in [-0.15, -0.1) is 0 Å². The Morgan fingerprint density at radius 3 is 2.42 bits per heavy atom. The largest absolute Gasteiger partial charge is 0.478 e. The number of carbonyl (C=O) groups excluding carboxylic acids is 3. The first kappa shape index (κ1) is 17.8. The molecule has 0 aliphatic carbocycles. The second-order valence-corrected chi connectivity index (χ2v) is 6.48. The number of imide groups is 1. The number of hydrogen-bond acceptors (Lipinski definition) is 4. The van der Waals surface area contributed by atoms with E-state index in [-0.39, 0.29) is 40.4 Å². The summed E-state index contributed by atoms with van der Waals surface area (Å²) in [5.41, 5.74) is 0.630. The lowest BCUT2D eigenvalue weighted by Gasteiger charge is -2.09. The first-order chi connectivity index (χ1) is 12.3.